The second-order valence-corrected chi connectivity index (χ2v) is 4.20. The summed E-state index contributed by atoms with van der Waals surface area (Å²) in [6.45, 7) is 6.13. The lowest BCUT2D eigenvalue weighted by atomic mass is 10.3. The van der Waals surface area contributed by atoms with E-state index >= 15 is 0 Å². The highest BCUT2D eigenvalue weighted by Crippen LogP contribution is 2.07. The number of aromatic nitrogens is 5. The lowest BCUT2D eigenvalue weighted by Crippen LogP contribution is -2.12. The van der Waals surface area contributed by atoms with E-state index < -0.39 is 0 Å². The highest BCUT2D eigenvalue weighted by molar-refractivity contribution is 5.93. The molecule has 0 radical (unpaired) electrons. The van der Waals surface area contributed by atoms with E-state index in [1.165, 1.54) is 13.3 Å². The summed E-state index contributed by atoms with van der Waals surface area (Å²) in [5.74, 6) is 0.847. The molecule has 0 amide bonds. The third-order valence-electron chi connectivity index (χ3n) is 2.48. The van der Waals surface area contributed by atoms with Gasteiger partial charge in [-0.15, -0.1) is 0 Å². The quantitative estimate of drug-likeness (QED) is 0.747. The zero-order chi connectivity index (χ0) is 12.4. The fourth-order valence-corrected chi connectivity index (χ4v) is 1.60. The van der Waals surface area contributed by atoms with Gasteiger partial charge in [-0.2, -0.15) is 10.2 Å². The van der Waals surface area contributed by atoms with Crippen LogP contribution in [-0.2, 0) is 6.54 Å². The first-order valence-electron chi connectivity index (χ1n) is 5.49. The van der Waals surface area contributed by atoms with Crippen LogP contribution in [0, 0.1) is 0 Å². The standard InChI is InChI=1S/C11H15N5O/c1-8(2)16-11(12-7-14-16)6-15-5-10(4-13-15)9(3)17/h4-5,7-8H,6H2,1-3H3. The van der Waals surface area contributed by atoms with Gasteiger partial charge in [-0.3, -0.25) is 9.48 Å². The van der Waals surface area contributed by atoms with Gasteiger partial charge in [-0.05, 0) is 20.8 Å². The zero-order valence-electron chi connectivity index (χ0n) is 10.2. The maximum Gasteiger partial charge on any atom is 0.162 e. The van der Waals surface area contributed by atoms with Crippen LogP contribution in [0.2, 0.25) is 0 Å². The molecule has 0 unspecified atom stereocenters. The molecule has 2 heterocycles. The van der Waals surface area contributed by atoms with Gasteiger partial charge >= 0.3 is 0 Å². The fourth-order valence-electron chi connectivity index (χ4n) is 1.60. The van der Waals surface area contributed by atoms with E-state index in [0.29, 0.717) is 12.1 Å². The van der Waals surface area contributed by atoms with Crippen LogP contribution in [0.15, 0.2) is 18.7 Å². The van der Waals surface area contributed by atoms with Gasteiger partial charge in [0.05, 0.1) is 11.8 Å². The fraction of sp³-hybridized carbons (Fsp3) is 0.455. The number of ketones is 1. The highest BCUT2D eigenvalue weighted by atomic mass is 16.1. The first-order valence-corrected chi connectivity index (χ1v) is 5.49. The van der Waals surface area contributed by atoms with E-state index in [0.717, 1.165) is 5.82 Å². The van der Waals surface area contributed by atoms with Gasteiger partial charge in [0.1, 0.15) is 18.7 Å². The molecule has 0 fully saturated rings. The Balaban J connectivity index is 2.19. The van der Waals surface area contributed by atoms with Crippen molar-refractivity contribution >= 4 is 5.78 Å². The van der Waals surface area contributed by atoms with Crippen molar-refractivity contribution in [3.05, 3.63) is 30.1 Å². The average Bonchev–Trinajstić information content (AvgIpc) is 2.86. The Morgan fingerprint density at radius 3 is 2.76 bits per heavy atom. The second kappa shape index (κ2) is 4.48. The van der Waals surface area contributed by atoms with Crippen molar-refractivity contribution < 1.29 is 4.79 Å². The molecular weight excluding hydrogens is 218 g/mol. The van der Waals surface area contributed by atoms with Crippen LogP contribution in [0.1, 0.15) is 43.0 Å². The number of hydrogen-bond acceptors (Lipinski definition) is 4. The SMILES string of the molecule is CC(=O)c1cnn(Cc2ncnn2C(C)C)c1. The molecular formula is C11H15N5O. The van der Waals surface area contributed by atoms with Gasteiger partial charge in [-0.25, -0.2) is 9.67 Å². The minimum atomic E-state index is 0.0153. The van der Waals surface area contributed by atoms with E-state index in [1.54, 1.807) is 17.1 Å². The number of carbonyl (C=O) groups is 1. The van der Waals surface area contributed by atoms with Gasteiger partial charge in [0.2, 0.25) is 0 Å². The molecule has 17 heavy (non-hydrogen) atoms. The molecule has 6 heteroatoms. The number of nitrogens with zero attached hydrogens (tertiary/aromatic N) is 5. The van der Waals surface area contributed by atoms with E-state index in [1.807, 2.05) is 18.5 Å². The molecule has 0 N–H and O–H groups in total. The minimum absolute atomic E-state index is 0.0153. The van der Waals surface area contributed by atoms with Crippen LogP contribution in [0.3, 0.4) is 0 Å². The van der Waals surface area contributed by atoms with Crippen LogP contribution in [0.25, 0.3) is 0 Å². The van der Waals surface area contributed by atoms with Gasteiger partial charge in [0, 0.05) is 12.2 Å². The summed E-state index contributed by atoms with van der Waals surface area (Å²) in [6, 6.07) is 0.260. The summed E-state index contributed by atoms with van der Waals surface area (Å²) in [7, 11) is 0. The normalized spacial score (nSPS) is 11.1. The molecule has 90 valence electrons. The molecule has 0 aliphatic rings. The maximum absolute atomic E-state index is 11.1. The van der Waals surface area contributed by atoms with Gasteiger partial charge in [0.25, 0.3) is 0 Å². The Kier molecular flexibility index (Phi) is 3.03. The van der Waals surface area contributed by atoms with Crippen molar-refractivity contribution in [2.75, 3.05) is 0 Å². The Labute approximate surface area is 99.3 Å². The van der Waals surface area contributed by atoms with Crippen molar-refractivity contribution in [1.29, 1.82) is 0 Å². The lowest BCUT2D eigenvalue weighted by Gasteiger charge is -2.08. The molecule has 0 atom stereocenters. The first-order chi connectivity index (χ1) is 8.08. The van der Waals surface area contributed by atoms with Crippen molar-refractivity contribution in [2.45, 2.75) is 33.4 Å². The summed E-state index contributed by atoms with van der Waals surface area (Å²) in [6.07, 6.45) is 4.82. The van der Waals surface area contributed by atoms with Crippen molar-refractivity contribution in [2.24, 2.45) is 0 Å². The second-order valence-electron chi connectivity index (χ2n) is 4.20. The Bertz CT molecular complexity index is 525. The van der Waals surface area contributed by atoms with E-state index in [4.69, 9.17) is 0 Å². The Morgan fingerprint density at radius 1 is 1.41 bits per heavy atom. The predicted octanol–water partition coefficient (Wildman–Crippen LogP) is 1.31. The van der Waals surface area contributed by atoms with Crippen molar-refractivity contribution in [3.63, 3.8) is 0 Å². The predicted molar refractivity (Wildman–Crippen MR) is 61.7 cm³/mol. The molecule has 2 rings (SSSR count). The highest BCUT2D eigenvalue weighted by Gasteiger charge is 2.09. The van der Waals surface area contributed by atoms with Crippen LogP contribution in [0.5, 0.6) is 0 Å². The molecule has 2 aromatic rings. The van der Waals surface area contributed by atoms with E-state index in [2.05, 4.69) is 15.2 Å². The third kappa shape index (κ3) is 2.41. The monoisotopic (exact) mass is 233 g/mol. The zero-order valence-corrected chi connectivity index (χ0v) is 10.2. The van der Waals surface area contributed by atoms with Gasteiger partial charge in [0.15, 0.2) is 5.78 Å². The summed E-state index contributed by atoms with van der Waals surface area (Å²) in [4.78, 5) is 15.3. The molecule has 2 aromatic heterocycles. The number of carbonyl (C=O) groups excluding carboxylic acids is 1. The molecule has 0 aromatic carbocycles. The van der Waals surface area contributed by atoms with E-state index in [9.17, 15) is 4.79 Å². The molecule has 0 saturated carbocycles. The molecule has 0 spiro atoms. The van der Waals surface area contributed by atoms with Crippen LogP contribution >= 0.6 is 0 Å². The summed E-state index contributed by atoms with van der Waals surface area (Å²) < 4.78 is 3.54. The summed E-state index contributed by atoms with van der Waals surface area (Å²) in [5.41, 5.74) is 0.612. The first kappa shape index (κ1) is 11.5. The smallest absolute Gasteiger partial charge is 0.162 e. The van der Waals surface area contributed by atoms with Crippen LogP contribution in [-0.4, -0.2) is 30.3 Å². The molecule has 0 bridgehead atoms. The topological polar surface area (TPSA) is 65.6 Å². The average molecular weight is 233 g/mol. The van der Waals surface area contributed by atoms with Gasteiger partial charge < -0.3 is 0 Å². The number of rotatable bonds is 4. The van der Waals surface area contributed by atoms with Gasteiger partial charge in [-0.1, -0.05) is 0 Å². The van der Waals surface area contributed by atoms with Crippen LogP contribution < -0.4 is 0 Å². The van der Waals surface area contributed by atoms with Crippen molar-refractivity contribution in [3.8, 4) is 0 Å². The molecule has 0 aliphatic heterocycles. The molecule has 6 nitrogen and oxygen atoms in total. The lowest BCUT2D eigenvalue weighted by molar-refractivity contribution is 0.101. The largest absolute Gasteiger partial charge is 0.294 e. The molecule has 0 saturated heterocycles. The number of Topliss-reactive ketones (excluding diaryl/α,β-unsaturated/α-hetero) is 1. The summed E-state index contributed by atoms with van der Waals surface area (Å²) in [5, 5.41) is 8.28. The third-order valence-corrected chi connectivity index (χ3v) is 2.48. The number of hydrogen-bond donors (Lipinski definition) is 0. The maximum atomic E-state index is 11.1. The Hall–Kier alpha value is -1.98. The molecule has 0 aliphatic carbocycles. The summed E-state index contributed by atoms with van der Waals surface area (Å²) >= 11 is 0. The Morgan fingerprint density at radius 2 is 2.18 bits per heavy atom. The van der Waals surface area contributed by atoms with Crippen molar-refractivity contribution in [1.82, 2.24) is 24.5 Å². The van der Waals surface area contributed by atoms with Crippen LogP contribution in [0.4, 0.5) is 0 Å². The minimum Gasteiger partial charge on any atom is -0.294 e. The van der Waals surface area contributed by atoms with E-state index in [-0.39, 0.29) is 11.8 Å².